The lowest BCUT2D eigenvalue weighted by molar-refractivity contribution is 0.416. The summed E-state index contributed by atoms with van der Waals surface area (Å²) in [6.07, 6.45) is 0. The summed E-state index contributed by atoms with van der Waals surface area (Å²) in [6.45, 7) is 0. The Morgan fingerprint density at radius 2 is 1.76 bits per heavy atom. The molecule has 4 heteroatoms. The average Bonchev–Trinajstić information content (AvgIpc) is 2.38. The van der Waals surface area contributed by atoms with E-state index in [1.165, 1.54) is 0 Å². The number of ether oxygens (including phenoxy) is 1. The van der Waals surface area contributed by atoms with Gasteiger partial charge in [-0.1, -0.05) is 29.8 Å². The van der Waals surface area contributed by atoms with E-state index < -0.39 is 0 Å². The number of rotatable bonds is 3. The van der Waals surface area contributed by atoms with E-state index >= 15 is 0 Å². The van der Waals surface area contributed by atoms with Gasteiger partial charge in [-0.3, -0.25) is 0 Å². The van der Waals surface area contributed by atoms with E-state index in [1.54, 1.807) is 25.3 Å². The molecule has 0 radical (unpaired) electrons. The quantitative estimate of drug-likeness (QED) is 0.719. The molecule has 0 aromatic heterocycles. The maximum Gasteiger partial charge on any atom is 0.146 e. The van der Waals surface area contributed by atoms with Gasteiger partial charge in [-0.2, -0.15) is 5.11 Å². The van der Waals surface area contributed by atoms with Gasteiger partial charge in [-0.15, -0.1) is 5.11 Å². The molecular formula is C13H11ClN2O. The second-order valence-electron chi connectivity index (χ2n) is 3.35. The minimum Gasteiger partial charge on any atom is -0.494 e. The number of benzene rings is 2. The number of azo groups is 1. The van der Waals surface area contributed by atoms with Gasteiger partial charge in [0.05, 0.1) is 12.8 Å². The molecule has 0 aliphatic rings. The first-order chi connectivity index (χ1) is 8.29. The molecule has 0 fully saturated rings. The van der Waals surface area contributed by atoms with Crippen molar-refractivity contribution in [1.82, 2.24) is 0 Å². The molecule has 0 spiro atoms. The van der Waals surface area contributed by atoms with Gasteiger partial charge in [0, 0.05) is 5.02 Å². The van der Waals surface area contributed by atoms with Gasteiger partial charge >= 0.3 is 0 Å². The highest BCUT2D eigenvalue weighted by Crippen LogP contribution is 2.31. The van der Waals surface area contributed by atoms with E-state index in [9.17, 15) is 0 Å². The zero-order chi connectivity index (χ0) is 12.1. The number of hydrogen-bond acceptors (Lipinski definition) is 3. The van der Waals surface area contributed by atoms with Crippen LogP contribution in [0.4, 0.5) is 11.4 Å². The topological polar surface area (TPSA) is 34.0 Å². The maximum atomic E-state index is 5.90. The summed E-state index contributed by atoms with van der Waals surface area (Å²) in [5, 5.41) is 8.84. The first-order valence-corrected chi connectivity index (χ1v) is 5.48. The molecule has 0 heterocycles. The molecule has 0 aliphatic carbocycles. The molecule has 0 saturated carbocycles. The lowest BCUT2D eigenvalue weighted by atomic mass is 10.3. The Balaban J connectivity index is 2.29. The average molecular weight is 247 g/mol. The van der Waals surface area contributed by atoms with Crippen molar-refractivity contribution in [2.75, 3.05) is 7.11 Å². The van der Waals surface area contributed by atoms with Gasteiger partial charge in [-0.25, -0.2) is 0 Å². The Morgan fingerprint density at radius 1 is 1.00 bits per heavy atom. The zero-order valence-electron chi connectivity index (χ0n) is 9.30. The van der Waals surface area contributed by atoms with Crippen LogP contribution in [0.3, 0.4) is 0 Å². The van der Waals surface area contributed by atoms with Crippen LogP contribution in [0.2, 0.25) is 5.02 Å². The number of hydrogen-bond donors (Lipinski definition) is 0. The molecule has 17 heavy (non-hydrogen) atoms. The van der Waals surface area contributed by atoms with Crippen molar-refractivity contribution in [3.05, 3.63) is 53.6 Å². The highest BCUT2D eigenvalue weighted by molar-refractivity contribution is 6.30. The van der Waals surface area contributed by atoms with Gasteiger partial charge in [-0.05, 0) is 30.3 Å². The first-order valence-electron chi connectivity index (χ1n) is 5.10. The summed E-state index contributed by atoms with van der Waals surface area (Å²) in [6, 6.07) is 14.7. The van der Waals surface area contributed by atoms with Gasteiger partial charge in [0.25, 0.3) is 0 Å². The summed E-state index contributed by atoms with van der Waals surface area (Å²) in [7, 11) is 1.59. The molecule has 2 rings (SSSR count). The molecule has 2 aromatic carbocycles. The van der Waals surface area contributed by atoms with Crippen molar-refractivity contribution in [1.29, 1.82) is 0 Å². The fraction of sp³-hybridized carbons (Fsp3) is 0.0769. The predicted octanol–water partition coefficient (Wildman–Crippen LogP) is 4.76. The number of nitrogens with zero attached hydrogens (tertiary/aromatic N) is 2. The van der Waals surface area contributed by atoms with Gasteiger partial charge in [0.15, 0.2) is 0 Å². The number of methoxy groups -OCH3 is 1. The van der Waals surface area contributed by atoms with Crippen molar-refractivity contribution in [2.24, 2.45) is 10.2 Å². The Morgan fingerprint density at radius 3 is 2.47 bits per heavy atom. The van der Waals surface area contributed by atoms with Crippen LogP contribution in [0.5, 0.6) is 5.75 Å². The molecule has 0 amide bonds. The van der Waals surface area contributed by atoms with Crippen molar-refractivity contribution >= 4 is 23.0 Å². The second-order valence-corrected chi connectivity index (χ2v) is 3.79. The zero-order valence-corrected chi connectivity index (χ0v) is 10.1. The van der Waals surface area contributed by atoms with Crippen molar-refractivity contribution in [3.8, 4) is 5.75 Å². The third kappa shape index (κ3) is 3.04. The first kappa shape index (κ1) is 11.6. The molecule has 0 atom stereocenters. The monoisotopic (exact) mass is 246 g/mol. The Hall–Kier alpha value is -1.87. The summed E-state index contributed by atoms with van der Waals surface area (Å²) >= 11 is 5.90. The smallest absolute Gasteiger partial charge is 0.146 e. The molecule has 86 valence electrons. The Bertz CT molecular complexity index is 526. The molecule has 2 aromatic rings. The van der Waals surface area contributed by atoms with Gasteiger partial charge < -0.3 is 4.74 Å². The van der Waals surface area contributed by atoms with E-state index in [4.69, 9.17) is 16.3 Å². The molecule has 0 unspecified atom stereocenters. The SMILES string of the molecule is COc1ccc(Cl)cc1/N=N/c1ccccc1. The van der Waals surface area contributed by atoms with E-state index in [-0.39, 0.29) is 0 Å². The van der Waals surface area contributed by atoms with E-state index in [1.807, 2.05) is 30.3 Å². The maximum absolute atomic E-state index is 5.90. The van der Waals surface area contributed by atoms with E-state index in [2.05, 4.69) is 10.2 Å². The molecule has 0 bridgehead atoms. The van der Waals surface area contributed by atoms with Crippen LogP contribution >= 0.6 is 11.6 Å². The predicted molar refractivity (Wildman–Crippen MR) is 68.6 cm³/mol. The van der Waals surface area contributed by atoms with Crippen LogP contribution in [0.15, 0.2) is 58.8 Å². The fourth-order valence-electron chi connectivity index (χ4n) is 1.35. The van der Waals surface area contributed by atoms with Crippen molar-refractivity contribution in [2.45, 2.75) is 0 Å². The third-order valence-electron chi connectivity index (χ3n) is 2.17. The molecule has 0 N–H and O–H groups in total. The van der Waals surface area contributed by atoms with Gasteiger partial charge in [0.1, 0.15) is 11.4 Å². The minimum absolute atomic E-state index is 0.604. The van der Waals surface area contributed by atoms with E-state index in [0.29, 0.717) is 16.5 Å². The summed E-state index contributed by atoms with van der Waals surface area (Å²) in [5.74, 6) is 0.647. The molecule has 3 nitrogen and oxygen atoms in total. The lowest BCUT2D eigenvalue weighted by Gasteiger charge is -2.03. The standard InChI is InChI=1S/C13H11ClN2O/c1-17-13-8-7-10(14)9-12(13)16-15-11-5-3-2-4-6-11/h2-9H,1H3/b16-15+. The number of halogens is 1. The van der Waals surface area contributed by atoms with Crippen LogP contribution in [0, 0.1) is 0 Å². The minimum atomic E-state index is 0.604. The van der Waals surface area contributed by atoms with Crippen LogP contribution in [0.1, 0.15) is 0 Å². The van der Waals surface area contributed by atoms with E-state index in [0.717, 1.165) is 5.69 Å². The molecule has 0 aliphatic heterocycles. The Labute approximate surface area is 105 Å². The van der Waals surface area contributed by atoms with Crippen LogP contribution in [-0.4, -0.2) is 7.11 Å². The van der Waals surface area contributed by atoms with Crippen molar-refractivity contribution in [3.63, 3.8) is 0 Å². The summed E-state index contributed by atoms with van der Waals surface area (Å²) in [5.41, 5.74) is 1.40. The third-order valence-corrected chi connectivity index (χ3v) is 2.41. The van der Waals surface area contributed by atoms with Crippen molar-refractivity contribution < 1.29 is 4.74 Å². The van der Waals surface area contributed by atoms with Gasteiger partial charge in [0.2, 0.25) is 0 Å². The largest absolute Gasteiger partial charge is 0.494 e. The summed E-state index contributed by atoms with van der Waals surface area (Å²) < 4.78 is 5.18. The molecular weight excluding hydrogens is 236 g/mol. The lowest BCUT2D eigenvalue weighted by Crippen LogP contribution is -1.82. The summed E-state index contributed by atoms with van der Waals surface area (Å²) in [4.78, 5) is 0. The van der Waals surface area contributed by atoms with Crippen LogP contribution < -0.4 is 4.74 Å². The molecule has 0 saturated heterocycles. The Kier molecular flexibility index (Phi) is 3.73. The van der Waals surface area contributed by atoms with Crippen LogP contribution in [0.25, 0.3) is 0 Å². The highest BCUT2D eigenvalue weighted by Gasteiger charge is 2.02. The normalized spacial score (nSPS) is 10.7. The highest BCUT2D eigenvalue weighted by atomic mass is 35.5. The fourth-order valence-corrected chi connectivity index (χ4v) is 1.51. The second kappa shape index (κ2) is 5.46. The van der Waals surface area contributed by atoms with Crippen LogP contribution in [-0.2, 0) is 0 Å².